The van der Waals surface area contributed by atoms with Gasteiger partial charge in [0.1, 0.15) is 17.7 Å². The van der Waals surface area contributed by atoms with E-state index in [4.69, 9.17) is 4.74 Å². The summed E-state index contributed by atoms with van der Waals surface area (Å²) >= 11 is 0. The highest BCUT2D eigenvalue weighted by molar-refractivity contribution is 5.92. The fourth-order valence-corrected chi connectivity index (χ4v) is 4.33. The predicted molar refractivity (Wildman–Crippen MR) is 136 cm³/mol. The molecule has 0 aromatic heterocycles. The molecule has 2 atom stereocenters. The van der Waals surface area contributed by atoms with Crippen LogP contribution in [0.25, 0.3) is 0 Å². The number of amides is 3. The van der Waals surface area contributed by atoms with Gasteiger partial charge in [-0.15, -0.1) is 6.58 Å². The largest absolute Gasteiger partial charge is 0.444 e. The number of benzene rings is 1. The summed E-state index contributed by atoms with van der Waals surface area (Å²) in [5.41, 5.74) is 1.75. The Balaban J connectivity index is 2.42. The van der Waals surface area contributed by atoms with Crippen molar-refractivity contribution in [1.82, 2.24) is 15.5 Å². The van der Waals surface area contributed by atoms with Crippen molar-refractivity contribution in [2.75, 3.05) is 13.2 Å². The first-order chi connectivity index (χ1) is 16.5. The molecule has 1 aliphatic carbocycles. The van der Waals surface area contributed by atoms with Crippen molar-refractivity contribution in [3.05, 3.63) is 47.5 Å². The number of alkyl carbamates (subject to hydrolysis) is 1. The number of aliphatic hydroxyl groups is 1. The lowest BCUT2D eigenvalue weighted by molar-refractivity contribution is -0.143. The van der Waals surface area contributed by atoms with Crippen molar-refractivity contribution in [3.8, 4) is 0 Å². The standard InChI is InChI=1S/C27H41N3O5/c1-7-15-30(25(33)22(17-31)29-26(34)35-27(4,5)6)23(21-16-18(2)13-14-19(21)3)24(32)28-20-11-9-8-10-12-20/h7,13-14,16,20,22-23,31H,1,8-12,15,17H2,2-6H3,(H,28,32)(H,29,34). The molecule has 0 heterocycles. The molecule has 0 radical (unpaired) electrons. The second kappa shape index (κ2) is 12.7. The maximum atomic E-state index is 13.7. The molecule has 1 fully saturated rings. The summed E-state index contributed by atoms with van der Waals surface area (Å²) in [4.78, 5) is 41.0. The number of aliphatic hydroxyl groups excluding tert-OH is 1. The van der Waals surface area contributed by atoms with Gasteiger partial charge in [0.05, 0.1) is 6.61 Å². The smallest absolute Gasteiger partial charge is 0.408 e. The van der Waals surface area contributed by atoms with Gasteiger partial charge in [-0.2, -0.15) is 0 Å². The molecular formula is C27H41N3O5. The number of hydrogen-bond acceptors (Lipinski definition) is 5. The van der Waals surface area contributed by atoms with Crippen molar-refractivity contribution in [2.24, 2.45) is 0 Å². The van der Waals surface area contributed by atoms with Gasteiger partial charge in [0.2, 0.25) is 11.8 Å². The third-order valence-electron chi connectivity index (χ3n) is 6.02. The maximum absolute atomic E-state index is 13.7. The quantitative estimate of drug-likeness (QED) is 0.461. The molecule has 2 rings (SSSR count). The highest BCUT2D eigenvalue weighted by atomic mass is 16.6. The number of nitrogens with one attached hydrogen (secondary N) is 2. The Labute approximate surface area is 209 Å². The topological polar surface area (TPSA) is 108 Å². The Hall–Kier alpha value is -2.87. The third kappa shape index (κ3) is 8.38. The Morgan fingerprint density at radius 2 is 1.86 bits per heavy atom. The second-order valence-corrected chi connectivity index (χ2v) is 10.3. The van der Waals surface area contributed by atoms with Crippen LogP contribution in [0.2, 0.25) is 0 Å². The lowest BCUT2D eigenvalue weighted by Crippen LogP contribution is -2.55. The molecule has 3 N–H and O–H groups in total. The molecule has 1 aromatic rings. The number of rotatable bonds is 9. The molecule has 2 unspecified atom stereocenters. The van der Waals surface area contributed by atoms with Crippen molar-refractivity contribution >= 4 is 17.9 Å². The predicted octanol–water partition coefficient (Wildman–Crippen LogP) is 3.69. The molecule has 0 saturated heterocycles. The van der Waals surface area contributed by atoms with E-state index in [2.05, 4.69) is 17.2 Å². The molecule has 3 amide bonds. The van der Waals surface area contributed by atoms with Gasteiger partial charge in [0.25, 0.3) is 0 Å². The first-order valence-electron chi connectivity index (χ1n) is 12.4. The van der Waals surface area contributed by atoms with Gasteiger partial charge in [0.15, 0.2) is 0 Å². The first kappa shape index (κ1) is 28.4. The van der Waals surface area contributed by atoms with Gasteiger partial charge >= 0.3 is 6.09 Å². The van der Waals surface area contributed by atoms with Crippen LogP contribution in [0, 0.1) is 13.8 Å². The lowest BCUT2D eigenvalue weighted by atomic mass is 9.93. The summed E-state index contributed by atoms with van der Waals surface area (Å²) in [6.07, 6.45) is 5.79. The van der Waals surface area contributed by atoms with Crippen molar-refractivity contribution in [2.45, 2.75) is 90.4 Å². The van der Waals surface area contributed by atoms with Crippen LogP contribution in [-0.4, -0.2) is 58.8 Å². The molecule has 35 heavy (non-hydrogen) atoms. The summed E-state index contributed by atoms with van der Waals surface area (Å²) in [5, 5.41) is 15.6. The second-order valence-electron chi connectivity index (χ2n) is 10.3. The minimum atomic E-state index is -1.28. The van der Waals surface area contributed by atoms with Crippen LogP contribution in [0.5, 0.6) is 0 Å². The van der Waals surface area contributed by atoms with Gasteiger partial charge in [-0.1, -0.05) is 49.1 Å². The van der Waals surface area contributed by atoms with Gasteiger partial charge in [0, 0.05) is 12.6 Å². The number of nitrogens with zero attached hydrogens (tertiary/aromatic N) is 1. The van der Waals surface area contributed by atoms with Crippen LogP contribution in [-0.2, 0) is 14.3 Å². The number of aryl methyl sites for hydroxylation is 2. The van der Waals surface area contributed by atoms with E-state index >= 15 is 0 Å². The van der Waals surface area contributed by atoms with E-state index in [-0.39, 0.29) is 18.5 Å². The zero-order chi connectivity index (χ0) is 26.2. The normalized spacial score (nSPS) is 16.1. The van der Waals surface area contributed by atoms with Gasteiger partial charge in [-0.25, -0.2) is 4.79 Å². The Bertz CT molecular complexity index is 903. The summed E-state index contributed by atoms with van der Waals surface area (Å²) < 4.78 is 5.26. The average Bonchev–Trinajstić information content (AvgIpc) is 2.78. The summed E-state index contributed by atoms with van der Waals surface area (Å²) in [5.74, 6) is -0.877. The molecule has 0 aliphatic heterocycles. The van der Waals surface area contributed by atoms with Crippen LogP contribution in [0.4, 0.5) is 4.79 Å². The number of ether oxygens (including phenoxy) is 1. The Morgan fingerprint density at radius 3 is 2.43 bits per heavy atom. The van der Waals surface area contributed by atoms with E-state index in [1.165, 1.54) is 11.0 Å². The van der Waals surface area contributed by atoms with Crippen molar-refractivity contribution in [1.29, 1.82) is 0 Å². The van der Waals surface area contributed by atoms with Crippen LogP contribution in [0.15, 0.2) is 30.9 Å². The minimum absolute atomic E-state index is 0.0538. The SMILES string of the molecule is C=CCN(C(=O)C(CO)NC(=O)OC(C)(C)C)C(C(=O)NC1CCCCC1)c1cc(C)ccc1C. The molecule has 194 valence electrons. The van der Waals surface area contributed by atoms with E-state index in [0.29, 0.717) is 5.56 Å². The highest BCUT2D eigenvalue weighted by Crippen LogP contribution is 2.28. The Morgan fingerprint density at radius 1 is 1.20 bits per heavy atom. The molecule has 8 heteroatoms. The number of carbonyl (C=O) groups excluding carboxylic acids is 3. The minimum Gasteiger partial charge on any atom is -0.444 e. The van der Waals surface area contributed by atoms with Crippen molar-refractivity contribution < 1.29 is 24.2 Å². The molecule has 1 aromatic carbocycles. The van der Waals surface area contributed by atoms with Crippen LogP contribution in [0.1, 0.15) is 75.6 Å². The molecule has 1 aliphatic rings. The fraction of sp³-hybridized carbons (Fsp3) is 0.593. The van der Waals surface area contributed by atoms with Crippen LogP contribution < -0.4 is 10.6 Å². The number of carbonyl (C=O) groups is 3. The van der Waals surface area contributed by atoms with Crippen LogP contribution in [0.3, 0.4) is 0 Å². The summed E-state index contributed by atoms with van der Waals surface area (Å²) in [7, 11) is 0. The lowest BCUT2D eigenvalue weighted by Gasteiger charge is -2.35. The Kier molecular flexibility index (Phi) is 10.3. The van der Waals surface area contributed by atoms with E-state index < -0.39 is 36.3 Å². The van der Waals surface area contributed by atoms with E-state index in [1.807, 2.05) is 32.0 Å². The highest BCUT2D eigenvalue weighted by Gasteiger charge is 2.37. The molecule has 8 nitrogen and oxygen atoms in total. The third-order valence-corrected chi connectivity index (χ3v) is 6.02. The van der Waals surface area contributed by atoms with Gasteiger partial charge in [-0.3, -0.25) is 9.59 Å². The van der Waals surface area contributed by atoms with Crippen LogP contribution >= 0.6 is 0 Å². The van der Waals surface area contributed by atoms with Gasteiger partial charge in [-0.05, 0) is 58.6 Å². The van der Waals surface area contributed by atoms with E-state index in [9.17, 15) is 19.5 Å². The zero-order valence-corrected chi connectivity index (χ0v) is 21.7. The maximum Gasteiger partial charge on any atom is 0.408 e. The van der Waals surface area contributed by atoms with Gasteiger partial charge < -0.3 is 25.4 Å². The average molecular weight is 488 g/mol. The van der Waals surface area contributed by atoms with Crippen molar-refractivity contribution in [3.63, 3.8) is 0 Å². The fourth-order valence-electron chi connectivity index (χ4n) is 4.33. The molecule has 1 saturated carbocycles. The summed E-state index contributed by atoms with van der Waals surface area (Å²) in [6.45, 7) is 12.1. The molecular weight excluding hydrogens is 446 g/mol. The number of hydrogen-bond donors (Lipinski definition) is 3. The first-order valence-corrected chi connectivity index (χ1v) is 12.4. The van der Waals surface area contributed by atoms with E-state index in [0.717, 1.165) is 43.2 Å². The monoisotopic (exact) mass is 487 g/mol. The summed E-state index contributed by atoms with van der Waals surface area (Å²) in [6, 6.07) is 3.61. The zero-order valence-electron chi connectivity index (χ0n) is 21.7. The molecule has 0 bridgehead atoms. The molecule has 0 spiro atoms. The van der Waals surface area contributed by atoms with E-state index in [1.54, 1.807) is 20.8 Å².